The van der Waals surface area contributed by atoms with E-state index in [9.17, 15) is 13.2 Å². The molecule has 0 radical (unpaired) electrons. The van der Waals surface area contributed by atoms with Gasteiger partial charge in [0.05, 0.1) is 20.1 Å². The van der Waals surface area contributed by atoms with Crippen LogP contribution < -0.4 is 4.80 Å². The number of sulfonamides is 1. The summed E-state index contributed by atoms with van der Waals surface area (Å²) in [6.07, 6.45) is 0. The number of aromatic nitrogens is 1. The summed E-state index contributed by atoms with van der Waals surface area (Å²) >= 11 is 13.6. The predicted molar refractivity (Wildman–Crippen MR) is 117 cm³/mol. The van der Waals surface area contributed by atoms with Gasteiger partial charge in [-0.1, -0.05) is 48.4 Å². The van der Waals surface area contributed by atoms with Crippen molar-refractivity contribution in [2.75, 3.05) is 13.1 Å². The van der Waals surface area contributed by atoms with Crippen LogP contribution >= 0.6 is 34.5 Å². The lowest BCUT2D eigenvalue weighted by molar-refractivity contribution is 0.0998. The van der Waals surface area contributed by atoms with Gasteiger partial charge in [-0.25, -0.2) is 8.42 Å². The summed E-state index contributed by atoms with van der Waals surface area (Å²) in [4.78, 5) is 17.4. The second-order valence-corrected chi connectivity index (χ2v) is 10.00. The molecule has 0 aliphatic heterocycles. The van der Waals surface area contributed by atoms with Gasteiger partial charge in [0.25, 0.3) is 5.91 Å². The molecule has 3 rings (SSSR count). The van der Waals surface area contributed by atoms with Gasteiger partial charge in [-0.15, -0.1) is 0 Å². The fourth-order valence-electron chi connectivity index (χ4n) is 2.94. The van der Waals surface area contributed by atoms with Crippen LogP contribution in [0.25, 0.3) is 10.2 Å². The predicted octanol–water partition coefficient (Wildman–Crippen LogP) is 4.32. The molecule has 3 aromatic rings. The van der Waals surface area contributed by atoms with Crippen LogP contribution in [0.5, 0.6) is 0 Å². The maximum atomic E-state index is 12.6. The van der Waals surface area contributed by atoms with Crippen LogP contribution in [-0.2, 0) is 17.1 Å². The molecule has 0 unspecified atom stereocenters. The van der Waals surface area contributed by atoms with Crippen molar-refractivity contribution >= 4 is 60.7 Å². The Balaban J connectivity index is 1.97. The minimum Gasteiger partial charge on any atom is -0.318 e. The topological polar surface area (TPSA) is 71.7 Å². The molecular weight excluding hydrogens is 453 g/mol. The zero-order valence-electron chi connectivity index (χ0n) is 16.0. The summed E-state index contributed by atoms with van der Waals surface area (Å²) in [5.41, 5.74) is 1.04. The number of rotatable bonds is 5. The molecule has 1 heterocycles. The van der Waals surface area contributed by atoms with Gasteiger partial charge in [0, 0.05) is 30.7 Å². The first-order chi connectivity index (χ1) is 13.7. The molecule has 29 heavy (non-hydrogen) atoms. The fraction of sp³-hybridized carbons (Fsp3) is 0.263. The molecule has 154 valence electrons. The molecule has 0 bridgehead atoms. The van der Waals surface area contributed by atoms with Gasteiger partial charge >= 0.3 is 0 Å². The van der Waals surface area contributed by atoms with Crippen molar-refractivity contribution in [3.05, 3.63) is 56.8 Å². The zero-order chi connectivity index (χ0) is 21.3. The van der Waals surface area contributed by atoms with Crippen LogP contribution in [0, 0.1) is 0 Å². The van der Waals surface area contributed by atoms with Crippen molar-refractivity contribution in [2.45, 2.75) is 18.7 Å². The van der Waals surface area contributed by atoms with Crippen LogP contribution in [0.1, 0.15) is 24.2 Å². The maximum Gasteiger partial charge on any atom is 0.279 e. The molecule has 10 heteroatoms. The lowest BCUT2D eigenvalue weighted by Gasteiger charge is -2.18. The molecule has 0 aliphatic carbocycles. The van der Waals surface area contributed by atoms with Crippen molar-refractivity contribution in [1.82, 2.24) is 8.87 Å². The van der Waals surface area contributed by atoms with Gasteiger partial charge in [0.1, 0.15) is 0 Å². The second kappa shape index (κ2) is 8.57. The number of fused-ring (bicyclic) bond motifs is 1. The van der Waals surface area contributed by atoms with E-state index in [1.54, 1.807) is 37.6 Å². The molecule has 6 nitrogen and oxygen atoms in total. The molecule has 0 saturated carbocycles. The van der Waals surface area contributed by atoms with Gasteiger partial charge in [0.2, 0.25) is 10.0 Å². The van der Waals surface area contributed by atoms with Crippen molar-refractivity contribution in [1.29, 1.82) is 0 Å². The van der Waals surface area contributed by atoms with E-state index in [1.807, 2.05) is 0 Å². The number of nitrogens with zero attached hydrogens (tertiary/aromatic N) is 3. The third-order valence-corrected chi connectivity index (χ3v) is 8.11. The van der Waals surface area contributed by atoms with Crippen molar-refractivity contribution < 1.29 is 13.2 Å². The van der Waals surface area contributed by atoms with Gasteiger partial charge in [-0.05, 0) is 36.4 Å². The number of halogens is 2. The second-order valence-electron chi connectivity index (χ2n) is 6.21. The molecule has 1 aromatic heterocycles. The normalized spacial score (nSPS) is 12.8. The van der Waals surface area contributed by atoms with Gasteiger partial charge in [-0.3, -0.25) is 4.79 Å². The quantitative estimate of drug-likeness (QED) is 0.556. The Hall–Kier alpha value is -1.71. The van der Waals surface area contributed by atoms with Crippen molar-refractivity contribution in [3.8, 4) is 0 Å². The van der Waals surface area contributed by atoms with Crippen LogP contribution in [0.3, 0.4) is 0 Å². The molecule has 0 saturated heterocycles. The number of aryl methyl sites for hydroxylation is 1. The summed E-state index contributed by atoms with van der Waals surface area (Å²) in [6, 6.07) is 9.21. The van der Waals surface area contributed by atoms with Crippen LogP contribution in [-0.4, -0.2) is 36.3 Å². The third kappa shape index (κ3) is 4.27. The smallest absolute Gasteiger partial charge is 0.279 e. The lowest BCUT2D eigenvalue weighted by atomic mass is 10.2. The molecule has 0 spiro atoms. The van der Waals surface area contributed by atoms with E-state index in [0.29, 0.717) is 33.5 Å². The molecule has 0 aliphatic rings. The third-order valence-electron chi connectivity index (χ3n) is 4.46. The van der Waals surface area contributed by atoms with Crippen LogP contribution in [0.15, 0.2) is 46.3 Å². The Labute approximate surface area is 183 Å². The summed E-state index contributed by atoms with van der Waals surface area (Å²) in [5, 5.41) is 0.985. The van der Waals surface area contributed by atoms with E-state index in [0.717, 1.165) is 10.2 Å². The number of carbonyl (C=O) groups excluding carboxylic acids is 1. The van der Waals surface area contributed by atoms with Crippen LogP contribution in [0.2, 0.25) is 10.0 Å². The Morgan fingerprint density at radius 3 is 2.34 bits per heavy atom. The highest BCUT2D eigenvalue weighted by Gasteiger charge is 2.21. The van der Waals surface area contributed by atoms with E-state index in [1.165, 1.54) is 39.9 Å². The average molecular weight is 472 g/mol. The highest BCUT2D eigenvalue weighted by atomic mass is 35.5. The van der Waals surface area contributed by atoms with Crippen molar-refractivity contribution in [3.63, 3.8) is 0 Å². The number of carbonyl (C=O) groups is 1. The Morgan fingerprint density at radius 2 is 1.76 bits per heavy atom. The molecule has 0 fully saturated rings. The molecular formula is C19H19Cl2N3O3S2. The van der Waals surface area contributed by atoms with E-state index >= 15 is 0 Å². The van der Waals surface area contributed by atoms with E-state index in [2.05, 4.69) is 4.99 Å². The molecule has 2 aromatic carbocycles. The van der Waals surface area contributed by atoms with Gasteiger partial charge in [0.15, 0.2) is 4.80 Å². The Bertz CT molecular complexity index is 1240. The highest BCUT2D eigenvalue weighted by Crippen LogP contribution is 2.29. The lowest BCUT2D eigenvalue weighted by Crippen LogP contribution is -2.30. The van der Waals surface area contributed by atoms with E-state index in [-0.39, 0.29) is 4.90 Å². The SMILES string of the molecule is CCN(CC)S(=O)(=O)c1ccc(C(=O)N=c2sc3cc(Cl)cc(Cl)c3n2C)cc1. The average Bonchev–Trinajstić information content (AvgIpc) is 2.98. The largest absolute Gasteiger partial charge is 0.318 e. The standard InChI is InChI=1S/C19H19Cl2N3O3S2/c1-4-24(5-2)29(26,27)14-8-6-12(7-9-14)18(25)22-19-23(3)17-15(21)10-13(20)11-16(17)28-19/h6-11H,4-5H2,1-3H3. The Morgan fingerprint density at radius 1 is 1.14 bits per heavy atom. The monoisotopic (exact) mass is 471 g/mol. The van der Waals surface area contributed by atoms with E-state index in [4.69, 9.17) is 23.2 Å². The molecule has 0 N–H and O–H groups in total. The first kappa shape index (κ1) is 22.0. The first-order valence-electron chi connectivity index (χ1n) is 8.82. The Kier molecular flexibility index (Phi) is 6.50. The number of hydrogen-bond donors (Lipinski definition) is 0. The van der Waals surface area contributed by atoms with Crippen molar-refractivity contribution in [2.24, 2.45) is 12.0 Å². The molecule has 1 amide bonds. The summed E-state index contributed by atoms with van der Waals surface area (Å²) in [7, 11) is -1.80. The highest BCUT2D eigenvalue weighted by molar-refractivity contribution is 7.89. The first-order valence-corrected chi connectivity index (χ1v) is 11.8. The number of thiazole rings is 1. The number of amides is 1. The van der Waals surface area contributed by atoms with Crippen LogP contribution in [0.4, 0.5) is 0 Å². The summed E-state index contributed by atoms with van der Waals surface area (Å²) in [6.45, 7) is 4.32. The van der Waals surface area contributed by atoms with Gasteiger partial charge < -0.3 is 4.57 Å². The van der Waals surface area contributed by atoms with E-state index < -0.39 is 15.9 Å². The summed E-state index contributed by atoms with van der Waals surface area (Å²) < 4.78 is 29.0. The number of benzene rings is 2. The fourth-order valence-corrected chi connectivity index (χ4v) is 6.22. The molecule has 0 atom stereocenters. The summed E-state index contributed by atoms with van der Waals surface area (Å²) in [5.74, 6) is -0.471. The minimum atomic E-state index is -3.57. The minimum absolute atomic E-state index is 0.145. The van der Waals surface area contributed by atoms with Gasteiger partial charge in [-0.2, -0.15) is 9.30 Å². The number of hydrogen-bond acceptors (Lipinski definition) is 4. The zero-order valence-corrected chi connectivity index (χ0v) is 19.2. The maximum absolute atomic E-state index is 12.6.